The Kier molecular flexibility index (Phi) is 2.19. The Morgan fingerprint density at radius 1 is 1.64 bits per heavy atom. The Balaban J connectivity index is 2.55. The summed E-state index contributed by atoms with van der Waals surface area (Å²) < 4.78 is 5.10. The van der Waals surface area contributed by atoms with Crippen LogP contribution >= 0.6 is 11.6 Å². The van der Waals surface area contributed by atoms with Gasteiger partial charge in [0.15, 0.2) is 0 Å². The monoisotopic (exact) mass is 211 g/mol. The molecule has 74 valence electrons. The van der Waals surface area contributed by atoms with Gasteiger partial charge in [-0.05, 0) is 18.9 Å². The molecule has 0 spiro atoms. The summed E-state index contributed by atoms with van der Waals surface area (Å²) >= 11 is 6.03. The molecule has 2 rings (SSSR count). The lowest BCUT2D eigenvalue weighted by molar-refractivity contribution is -0.109. The van der Waals surface area contributed by atoms with Crippen molar-refractivity contribution in [3.05, 3.63) is 22.8 Å². The molecule has 1 saturated carbocycles. The van der Waals surface area contributed by atoms with Crippen LogP contribution in [-0.4, -0.2) is 18.4 Å². The highest BCUT2D eigenvalue weighted by Crippen LogP contribution is 2.51. The van der Waals surface area contributed by atoms with Crippen LogP contribution in [0.15, 0.2) is 12.3 Å². The number of carbonyl (C=O) groups excluding carboxylic acids is 1. The highest BCUT2D eigenvalue weighted by atomic mass is 35.5. The van der Waals surface area contributed by atoms with E-state index in [0.29, 0.717) is 10.9 Å². The second kappa shape index (κ2) is 3.24. The van der Waals surface area contributed by atoms with Gasteiger partial charge in [0.1, 0.15) is 6.29 Å². The zero-order valence-corrected chi connectivity index (χ0v) is 8.54. The van der Waals surface area contributed by atoms with Crippen LogP contribution in [0.2, 0.25) is 5.02 Å². The minimum Gasteiger partial charge on any atom is -0.481 e. The number of rotatable bonds is 3. The molecule has 1 aromatic rings. The van der Waals surface area contributed by atoms with Crippen LogP contribution < -0.4 is 4.74 Å². The Morgan fingerprint density at radius 3 is 2.86 bits per heavy atom. The first-order valence-corrected chi connectivity index (χ1v) is 4.76. The molecule has 0 radical (unpaired) electrons. The number of carbonyl (C=O) groups is 1. The second-order valence-corrected chi connectivity index (χ2v) is 3.86. The maximum atomic E-state index is 11.0. The van der Waals surface area contributed by atoms with E-state index in [1.807, 2.05) is 0 Å². The van der Waals surface area contributed by atoms with E-state index in [9.17, 15) is 4.79 Å². The third-order valence-electron chi connectivity index (χ3n) is 2.57. The van der Waals surface area contributed by atoms with Gasteiger partial charge < -0.3 is 9.53 Å². The van der Waals surface area contributed by atoms with Crippen molar-refractivity contribution in [2.45, 2.75) is 18.3 Å². The van der Waals surface area contributed by atoms with Gasteiger partial charge in [0.25, 0.3) is 0 Å². The molecule has 0 bridgehead atoms. The van der Waals surface area contributed by atoms with Gasteiger partial charge in [0.2, 0.25) is 5.88 Å². The minimum atomic E-state index is -0.434. The number of pyridine rings is 1. The third-order valence-corrected chi connectivity index (χ3v) is 2.89. The molecule has 0 atom stereocenters. The number of ether oxygens (including phenoxy) is 1. The fourth-order valence-corrected chi connectivity index (χ4v) is 1.91. The number of methoxy groups -OCH3 is 1. The maximum Gasteiger partial charge on any atom is 0.218 e. The standard InChI is InChI=1S/C10H10ClNO2/c1-14-9-8(7(11)2-5-12-9)10(6-13)3-4-10/h2,5-6H,3-4H2,1H3. The van der Waals surface area contributed by atoms with Gasteiger partial charge in [-0.15, -0.1) is 0 Å². The first-order valence-electron chi connectivity index (χ1n) is 4.39. The SMILES string of the molecule is COc1nccc(Cl)c1C1(C=O)CC1. The van der Waals surface area contributed by atoms with Crippen molar-refractivity contribution in [3.8, 4) is 5.88 Å². The molecular formula is C10H10ClNO2. The molecule has 1 aliphatic carbocycles. The van der Waals surface area contributed by atoms with Gasteiger partial charge in [0, 0.05) is 11.8 Å². The van der Waals surface area contributed by atoms with Crippen molar-refractivity contribution in [2.75, 3.05) is 7.11 Å². The largest absolute Gasteiger partial charge is 0.481 e. The van der Waals surface area contributed by atoms with Gasteiger partial charge in [-0.1, -0.05) is 11.6 Å². The summed E-state index contributed by atoms with van der Waals surface area (Å²) in [5.41, 5.74) is 0.301. The summed E-state index contributed by atoms with van der Waals surface area (Å²) in [6, 6.07) is 1.68. The average Bonchev–Trinajstić information content (AvgIpc) is 2.98. The molecule has 0 unspecified atom stereocenters. The summed E-state index contributed by atoms with van der Waals surface area (Å²) in [6.07, 6.45) is 4.18. The van der Waals surface area contributed by atoms with Crippen LogP contribution in [0.3, 0.4) is 0 Å². The van der Waals surface area contributed by atoms with E-state index in [0.717, 1.165) is 24.7 Å². The predicted molar refractivity (Wildman–Crippen MR) is 52.8 cm³/mol. The molecule has 0 aromatic carbocycles. The van der Waals surface area contributed by atoms with E-state index < -0.39 is 5.41 Å². The molecule has 3 nitrogen and oxygen atoms in total. The summed E-state index contributed by atoms with van der Waals surface area (Å²) in [6.45, 7) is 0. The number of hydrogen-bond donors (Lipinski definition) is 0. The van der Waals surface area contributed by atoms with Crippen molar-refractivity contribution < 1.29 is 9.53 Å². The first kappa shape index (κ1) is 9.46. The Hall–Kier alpha value is -1.09. The Labute approximate surface area is 87.0 Å². The fourth-order valence-electron chi connectivity index (χ4n) is 1.59. The quantitative estimate of drug-likeness (QED) is 0.718. The number of nitrogens with zero attached hydrogens (tertiary/aromatic N) is 1. The van der Waals surface area contributed by atoms with Gasteiger partial charge >= 0.3 is 0 Å². The highest BCUT2D eigenvalue weighted by molar-refractivity contribution is 6.32. The lowest BCUT2D eigenvalue weighted by Crippen LogP contribution is -2.11. The normalized spacial score (nSPS) is 17.6. The van der Waals surface area contributed by atoms with Crippen LogP contribution in [0.4, 0.5) is 0 Å². The van der Waals surface area contributed by atoms with Crippen molar-refractivity contribution in [3.63, 3.8) is 0 Å². The number of aldehydes is 1. The Morgan fingerprint density at radius 2 is 2.36 bits per heavy atom. The molecule has 1 fully saturated rings. The highest BCUT2D eigenvalue weighted by Gasteiger charge is 2.48. The zero-order chi connectivity index (χ0) is 10.2. The third kappa shape index (κ3) is 1.28. The van der Waals surface area contributed by atoms with Crippen molar-refractivity contribution in [2.24, 2.45) is 0 Å². The molecule has 14 heavy (non-hydrogen) atoms. The predicted octanol–water partition coefficient (Wildman–Crippen LogP) is 1.97. The summed E-state index contributed by atoms with van der Waals surface area (Å²) in [4.78, 5) is 15.0. The maximum absolute atomic E-state index is 11.0. The molecule has 1 aromatic heterocycles. The lowest BCUT2D eigenvalue weighted by Gasteiger charge is -2.13. The topological polar surface area (TPSA) is 39.2 Å². The van der Waals surface area contributed by atoms with E-state index in [4.69, 9.17) is 16.3 Å². The van der Waals surface area contributed by atoms with Crippen LogP contribution in [0.1, 0.15) is 18.4 Å². The molecule has 1 heterocycles. The number of hydrogen-bond acceptors (Lipinski definition) is 3. The lowest BCUT2D eigenvalue weighted by atomic mass is 9.99. The van der Waals surface area contributed by atoms with Crippen molar-refractivity contribution in [1.82, 2.24) is 4.98 Å². The van der Waals surface area contributed by atoms with Gasteiger partial charge in [-0.2, -0.15) is 0 Å². The fraction of sp³-hybridized carbons (Fsp3) is 0.400. The van der Waals surface area contributed by atoms with Gasteiger partial charge in [-0.3, -0.25) is 0 Å². The van der Waals surface area contributed by atoms with Crippen LogP contribution in [0.5, 0.6) is 5.88 Å². The van der Waals surface area contributed by atoms with E-state index in [1.165, 1.54) is 7.11 Å². The summed E-state index contributed by atoms with van der Waals surface area (Å²) in [7, 11) is 1.53. The molecule has 4 heteroatoms. The first-order chi connectivity index (χ1) is 6.73. The van der Waals surface area contributed by atoms with Gasteiger partial charge in [-0.25, -0.2) is 4.98 Å². The van der Waals surface area contributed by atoms with Gasteiger partial charge in [0.05, 0.1) is 17.5 Å². The van der Waals surface area contributed by atoms with Crippen LogP contribution in [0.25, 0.3) is 0 Å². The minimum absolute atomic E-state index is 0.434. The smallest absolute Gasteiger partial charge is 0.218 e. The van der Waals surface area contributed by atoms with E-state index >= 15 is 0 Å². The summed E-state index contributed by atoms with van der Waals surface area (Å²) in [5, 5.41) is 0.557. The number of aromatic nitrogens is 1. The average molecular weight is 212 g/mol. The van der Waals surface area contributed by atoms with E-state index in [1.54, 1.807) is 12.3 Å². The number of halogens is 1. The molecule has 1 aliphatic rings. The molecule has 0 amide bonds. The second-order valence-electron chi connectivity index (χ2n) is 3.45. The molecule has 0 saturated heterocycles. The van der Waals surface area contributed by atoms with E-state index in [2.05, 4.69) is 4.98 Å². The molecular weight excluding hydrogens is 202 g/mol. The Bertz CT molecular complexity index is 374. The molecule has 0 N–H and O–H groups in total. The zero-order valence-electron chi connectivity index (χ0n) is 7.79. The van der Waals surface area contributed by atoms with Crippen molar-refractivity contribution in [1.29, 1.82) is 0 Å². The van der Waals surface area contributed by atoms with Crippen LogP contribution in [-0.2, 0) is 10.2 Å². The molecule has 0 aliphatic heterocycles. The van der Waals surface area contributed by atoms with Crippen LogP contribution in [0, 0.1) is 0 Å². The summed E-state index contributed by atoms with van der Waals surface area (Å²) in [5.74, 6) is 0.460. The van der Waals surface area contributed by atoms with Crippen molar-refractivity contribution >= 4 is 17.9 Å². The van der Waals surface area contributed by atoms with E-state index in [-0.39, 0.29) is 0 Å².